The van der Waals surface area contributed by atoms with Crippen molar-refractivity contribution in [2.45, 2.75) is 58.7 Å². The first-order valence-corrected chi connectivity index (χ1v) is 10.1. The molecule has 1 fully saturated rings. The summed E-state index contributed by atoms with van der Waals surface area (Å²) in [6, 6.07) is 0. The fourth-order valence-corrected chi connectivity index (χ4v) is 3.49. The summed E-state index contributed by atoms with van der Waals surface area (Å²) in [5, 5.41) is 8.90. The maximum absolute atomic E-state index is 12.6. The average Bonchev–Trinajstić information content (AvgIpc) is 2.97. The van der Waals surface area contributed by atoms with E-state index < -0.39 is 30.1 Å². The molecule has 2 rings (SSSR count). The molecule has 4 atom stereocenters. The Balaban J connectivity index is 2.41. The lowest BCUT2D eigenvalue weighted by atomic mass is 9.85. The van der Waals surface area contributed by atoms with Gasteiger partial charge in [0.05, 0.1) is 11.8 Å². The van der Waals surface area contributed by atoms with E-state index in [-0.39, 0.29) is 37.1 Å². The van der Waals surface area contributed by atoms with E-state index in [2.05, 4.69) is 11.5 Å². The molecular weight excluding hydrogens is 392 g/mol. The second kappa shape index (κ2) is 11.1. The molecule has 1 aliphatic carbocycles. The predicted octanol–water partition coefficient (Wildman–Crippen LogP) is 3.13. The molecule has 0 unspecified atom stereocenters. The lowest BCUT2D eigenvalue weighted by Gasteiger charge is -2.29. The fourth-order valence-electron chi connectivity index (χ4n) is 3.49. The lowest BCUT2D eigenvalue weighted by Crippen LogP contribution is -2.35. The first-order chi connectivity index (χ1) is 14.3. The molecule has 0 aromatic heterocycles. The number of esters is 3. The monoisotopic (exact) mass is 422 g/mol. The Kier molecular flexibility index (Phi) is 8.80. The van der Waals surface area contributed by atoms with E-state index >= 15 is 0 Å². The van der Waals surface area contributed by atoms with Crippen molar-refractivity contribution in [3.8, 4) is 0 Å². The number of ether oxygens (including phenoxy) is 3. The number of allylic oxidation sites excluding steroid dienone is 1. The lowest BCUT2D eigenvalue weighted by molar-refractivity contribution is -0.234. The van der Waals surface area contributed by atoms with Crippen molar-refractivity contribution in [3.63, 3.8) is 0 Å². The summed E-state index contributed by atoms with van der Waals surface area (Å²) in [5.41, 5.74) is 1.71. The molecule has 8 heteroatoms. The summed E-state index contributed by atoms with van der Waals surface area (Å²) in [4.78, 5) is 40.4. The Labute approximate surface area is 176 Å². The molecule has 1 aliphatic heterocycles. The van der Waals surface area contributed by atoms with Gasteiger partial charge in [0.2, 0.25) is 0 Å². The van der Waals surface area contributed by atoms with Crippen molar-refractivity contribution >= 4 is 17.9 Å². The average molecular weight is 422 g/mol. The standard InChI is InChI=1S/C22H30O8/c1-5-13(2)21(24)29-18-9-16(11-27-15(4)23)7-6-8-17(12-28-26)10-19-20(18)14(3)22(25)30-19/h7,10,13,18-20,26H,3,5-6,8-9,11-12H2,1-2,4H3/b16-7-,17-10+/t13-,18+,19-,20+/m1/s1. The molecule has 0 spiro atoms. The zero-order valence-corrected chi connectivity index (χ0v) is 17.7. The summed E-state index contributed by atoms with van der Waals surface area (Å²) in [6.45, 7) is 8.86. The molecule has 0 amide bonds. The van der Waals surface area contributed by atoms with Gasteiger partial charge in [0.1, 0.15) is 25.4 Å². The van der Waals surface area contributed by atoms with E-state index in [0.717, 1.165) is 11.1 Å². The normalized spacial score (nSPS) is 28.9. The predicted molar refractivity (Wildman–Crippen MR) is 107 cm³/mol. The summed E-state index contributed by atoms with van der Waals surface area (Å²) in [6.07, 6.45) is 4.26. The first-order valence-electron chi connectivity index (χ1n) is 10.1. The van der Waals surface area contributed by atoms with Crippen LogP contribution in [0.5, 0.6) is 0 Å². The van der Waals surface area contributed by atoms with Crippen molar-refractivity contribution in [1.82, 2.24) is 0 Å². The van der Waals surface area contributed by atoms with Crippen LogP contribution in [-0.2, 0) is 33.5 Å². The Hall–Kier alpha value is -2.45. The fraction of sp³-hybridized carbons (Fsp3) is 0.591. The summed E-state index contributed by atoms with van der Waals surface area (Å²) in [5.74, 6) is -2.25. The number of carbonyl (C=O) groups is 3. The van der Waals surface area contributed by atoms with Crippen molar-refractivity contribution < 1.29 is 38.7 Å². The summed E-state index contributed by atoms with van der Waals surface area (Å²) < 4.78 is 16.4. The Bertz CT molecular complexity index is 735. The van der Waals surface area contributed by atoms with Gasteiger partial charge in [-0.2, -0.15) is 0 Å². The van der Waals surface area contributed by atoms with Gasteiger partial charge in [-0.15, -0.1) is 0 Å². The largest absolute Gasteiger partial charge is 0.461 e. The maximum Gasteiger partial charge on any atom is 0.334 e. The molecule has 30 heavy (non-hydrogen) atoms. The number of fused-ring (bicyclic) bond motifs is 1. The van der Waals surface area contributed by atoms with Gasteiger partial charge in [0.15, 0.2) is 0 Å². The summed E-state index contributed by atoms with van der Waals surface area (Å²) in [7, 11) is 0. The van der Waals surface area contributed by atoms with Gasteiger partial charge in [-0.25, -0.2) is 9.68 Å². The van der Waals surface area contributed by atoms with E-state index in [1.165, 1.54) is 6.92 Å². The van der Waals surface area contributed by atoms with E-state index in [0.29, 0.717) is 19.3 Å². The highest BCUT2D eigenvalue weighted by Gasteiger charge is 2.45. The molecule has 0 radical (unpaired) electrons. The highest BCUT2D eigenvalue weighted by atomic mass is 17.1. The van der Waals surface area contributed by atoms with Gasteiger partial charge >= 0.3 is 17.9 Å². The molecule has 2 aliphatic rings. The first kappa shape index (κ1) is 23.8. The van der Waals surface area contributed by atoms with Crippen LogP contribution in [0.2, 0.25) is 0 Å². The Morgan fingerprint density at radius 3 is 2.70 bits per heavy atom. The Morgan fingerprint density at radius 1 is 1.33 bits per heavy atom. The quantitative estimate of drug-likeness (QED) is 0.166. The van der Waals surface area contributed by atoms with Gasteiger partial charge in [-0.05, 0) is 36.5 Å². The van der Waals surface area contributed by atoms with E-state index in [9.17, 15) is 14.4 Å². The molecule has 1 saturated heterocycles. The van der Waals surface area contributed by atoms with Crippen LogP contribution in [0.15, 0.2) is 35.5 Å². The van der Waals surface area contributed by atoms with Crippen LogP contribution in [0.3, 0.4) is 0 Å². The van der Waals surface area contributed by atoms with E-state index in [1.54, 1.807) is 13.0 Å². The van der Waals surface area contributed by atoms with Gasteiger partial charge in [0.25, 0.3) is 0 Å². The maximum atomic E-state index is 12.6. The van der Waals surface area contributed by atoms with Gasteiger partial charge in [-0.1, -0.05) is 26.5 Å². The Morgan fingerprint density at radius 2 is 2.07 bits per heavy atom. The molecule has 1 heterocycles. The molecule has 8 nitrogen and oxygen atoms in total. The second-order valence-electron chi connectivity index (χ2n) is 7.69. The highest BCUT2D eigenvalue weighted by molar-refractivity contribution is 5.91. The third-order valence-corrected chi connectivity index (χ3v) is 5.42. The van der Waals surface area contributed by atoms with Crippen molar-refractivity contribution in [1.29, 1.82) is 0 Å². The van der Waals surface area contributed by atoms with Crippen LogP contribution in [-0.4, -0.2) is 48.6 Å². The number of hydrogen-bond acceptors (Lipinski definition) is 8. The molecule has 0 aromatic carbocycles. The zero-order valence-electron chi connectivity index (χ0n) is 17.7. The van der Waals surface area contributed by atoms with Crippen LogP contribution in [0, 0.1) is 11.8 Å². The third-order valence-electron chi connectivity index (χ3n) is 5.42. The van der Waals surface area contributed by atoms with Gasteiger partial charge in [-0.3, -0.25) is 14.8 Å². The van der Waals surface area contributed by atoms with Crippen molar-refractivity contribution in [2.75, 3.05) is 13.2 Å². The molecule has 166 valence electrons. The number of hydrogen-bond donors (Lipinski definition) is 1. The SMILES string of the molecule is C=C1C(=O)O[C@@H]2/C=C(/COO)CC/C=C(\COC(C)=O)C[C@H](OC(=O)[C@H](C)CC)[C@H]12. The minimum Gasteiger partial charge on any atom is -0.461 e. The van der Waals surface area contributed by atoms with Crippen LogP contribution in [0.25, 0.3) is 0 Å². The van der Waals surface area contributed by atoms with Crippen molar-refractivity contribution in [2.24, 2.45) is 11.8 Å². The third kappa shape index (κ3) is 6.27. The van der Waals surface area contributed by atoms with Crippen LogP contribution >= 0.6 is 0 Å². The van der Waals surface area contributed by atoms with Crippen LogP contribution in [0.4, 0.5) is 0 Å². The molecule has 0 bridgehead atoms. The van der Waals surface area contributed by atoms with Gasteiger partial charge < -0.3 is 14.2 Å². The molecular formula is C22H30O8. The van der Waals surface area contributed by atoms with Crippen molar-refractivity contribution in [3.05, 3.63) is 35.5 Å². The molecule has 1 N–H and O–H groups in total. The minimum atomic E-state index is -0.720. The number of carbonyl (C=O) groups excluding carboxylic acids is 3. The van der Waals surface area contributed by atoms with E-state index in [4.69, 9.17) is 19.5 Å². The van der Waals surface area contributed by atoms with E-state index in [1.807, 2.05) is 13.0 Å². The molecule has 0 aromatic rings. The molecule has 0 saturated carbocycles. The van der Waals surface area contributed by atoms with Gasteiger partial charge in [0, 0.05) is 18.9 Å². The smallest absolute Gasteiger partial charge is 0.334 e. The highest BCUT2D eigenvalue weighted by Crippen LogP contribution is 2.36. The zero-order chi connectivity index (χ0) is 22.3. The second-order valence-corrected chi connectivity index (χ2v) is 7.69. The minimum absolute atomic E-state index is 0.0440. The summed E-state index contributed by atoms with van der Waals surface area (Å²) >= 11 is 0. The van der Waals surface area contributed by atoms with Crippen LogP contribution < -0.4 is 0 Å². The number of rotatable bonds is 7. The van der Waals surface area contributed by atoms with Crippen LogP contribution in [0.1, 0.15) is 46.5 Å². The topological polar surface area (TPSA) is 108 Å².